The minimum Gasteiger partial charge on any atom is -0.469 e. The van der Waals surface area contributed by atoms with Crippen LogP contribution in [0.5, 0.6) is 0 Å². The molecule has 0 aliphatic carbocycles. The molecule has 0 spiro atoms. The molecule has 0 aromatic heterocycles. The number of nitrogens with one attached hydrogen (secondary N) is 1. The van der Waals surface area contributed by atoms with Gasteiger partial charge >= 0.3 is 12.1 Å². The van der Waals surface area contributed by atoms with E-state index >= 15 is 0 Å². The molecule has 7 heteroatoms. The van der Waals surface area contributed by atoms with E-state index in [1.807, 2.05) is 0 Å². The quantitative estimate of drug-likeness (QED) is 0.516. The van der Waals surface area contributed by atoms with Crippen LogP contribution >= 0.6 is 0 Å². The molecule has 2 rings (SSSR count). The largest absolute Gasteiger partial charge is 0.469 e. The number of hydrogen-bond donors (Lipinski definition) is 1. The van der Waals surface area contributed by atoms with E-state index in [9.17, 15) is 22.8 Å². The Kier molecular flexibility index (Phi) is 7.61. The zero-order valence-corrected chi connectivity index (χ0v) is 15.5. The van der Waals surface area contributed by atoms with Crippen molar-refractivity contribution in [3.63, 3.8) is 0 Å². The molecule has 0 atom stereocenters. The molecule has 4 nitrogen and oxygen atoms in total. The Hall–Kier alpha value is -2.83. The van der Waals surface area contributed by atoms with Crippen LogP contribution in [0, 0.1) is 0 Å². The number of methoxy groups -OCH3 is 1. The summed E-state index contributed by atoms with van der Waals surface area (Å²) in [5.74, 6) is -0.544. The molecule has 0 unspecified atom stereocenters. The van der Waals surface area contributed by atoms with E-state index in [2.05, 4.69) is 10.1 Å². The number of carbonyl (C=O) groups excluding carboxylic acids is 2. The second-order valence-corrected chi connectivity index (χ2v) is 6.26. The lowest BCUT2D eigenvalue weighted by Gasteiger charge is -2.12. The van der Waals surface area contributed by atoms with Gasteiger partial charge in [0.25, 0.3) is 5.91 Å². The number of unbranched alkanes of at least 4 members (excludes halogenated alkanes) is 2. The molecule has 0 aliphatic heterocycles. The first-order chi connectivity index (χ1) is 13.3. The summed E-state index contributed by atoms with van der Waals surface area (Å²) in [6.07, 6.45) is -1.88. The van der Waals surface area contributed by atoms with Crippen LogP contribution in [0.4, 0.5) is 13.2 Å². The van der Waals surface area contributed by atoms with Crippen LogP contribution < -0.4 is 5.32 Å². The molecule has 2 aromatic rings. The molecule has 0 aliphatic rings. The van der Waals surface area contributed by atoms with Crippen LogP contribution in [0.3, 0.4) is 0 Å². The summed E-state index contributed by atoms with van der Waals surface area (Å²) in [6.45, 7) is 0.446. The number of ether oxygens (including phenoxy) is 1. The van der Waals surface area contributed by atoms with Crippen LogP contribution in [0.1, 0.15) is 41.6 Å². The molecule has 1 N–H and O–H groups in total. The standard InChI is InChI=1S/C21H22F3NO3/c1-28-19(26)9-3-2-6-14-25-20(27)18-8-5-4-7-17(18)15-10-12-16(13-11-15)21(22,23)24/h4-5,7-8,10-13H,2-3,6,9,14H2,1H3,(H,25,27). The summed E-state index contributed by atoms with van der Waals surface area (Å²) in [5, 5.41) is 2.81. The van der Waals surface area contributed by atoms with Gasteiger partial charge in [0.15, 0.2) is 0 Å². The van der Waals surface area contributed by atoms with Gasteiger partial charge in [0.1, 0.15) is 0 Å². The lowest BCUT2D eigenvalue weighted by molar-refractivity contribution is -0.140. The summed E-state index contributed by atoms with van der Waals surface area (Å²) in [6, 6.07) is 11.5. The van der Waals surface area contributed by atoms with Crippen molar-refractivity contribution in [3.05, 3.63) is 59.7 Å². The van der Waals surface area contributed by atoms with Gasteiger partial charge in [0, 0.05) is 18.5 Å². The van der Waals surface area contributed by atoms with Crippen molar-refractivity contribution in [1.82, 2.24) is 5.32 Å². The highest BCUT2D eigenvalue weighted by molar-refractivity contribution is 6.00. The zero-order valence-electron chi connectivity index (χ0n) is 15.5. The Labute approximate surface area is 161 Å². The van der Waals surface area contributed by atoms with Crippen molar-refractivity contribution < 1.29 is 27.5 Å². The molecule has 0 fully saturated rings. The third-order valence-corrected chi connectivity index (χ3v) is 4.27. The third kappa shape index (κ3) is 6.11. The highest BCUT2D eigenvalue weighted by Gasteiger charge is 2.30. The fourth-order valence-corrected chi connectivity index (χ4v) is 2.74. The summed E-state index contributed by atoms with van der Waals surface area (Å²) < 4.78 is 42.8. The monoisotopic (exact) mass is 393 g/mol. The number of alkyl halides is 3. The van der Waals surface area contributed by atoms with Crippen molar-refractivity contribution in [2.24, 2.45) is 0 Å². The molecule has 150 valence electrons. The minimum atomic E-state index is -4.40. The maximum absolute atomic E-state index is 12.7. The average Bonchev–Trinajstić information content (AvgIpc) is 2.69. The molecule has 2 aromatic carbocycles. The van der Waals surface area contributed by atoms with Gasteiger partial charge in [-0.05, 0) is 42.2 Å². The highest BCUT2D eigenvalue weighted by atomic mass is 19.4. The fraction of sp³-hybridized carbons (Fsp3) is 0.333. The van der Waals surface area contributed by atoms with Crippen LogP contribution in [0.25, 0.3) is 11.1 Å². The van der Waals surface area contributed by atoms with Crippen molar-refractivity contribution in [2.75, 3.05) is 13.7 Å². The lowest BCUT2D eigenvalue weighted by Crippen LogP contribution is -2.25. The molecule has 28 heavy (non-hydrogen) atoms. The van der Waals surface area contributed by atoms with E-state index in [1.54, 1.807) is 24.3 Å². The Bertz CT molecular complexity index is 801. The van der Waals surface area contributed by atoms with Crippen molar-refractivity contribution in [2.45, 2.75) is 31.9 Å². The molecule has 0 radical (unpaired) electrons. The van der Waals surface area contributed by atoms with E-state index < -0.39 is 11.7 Å². The first-order valence-corrected chi connectivity index (χ1v) is 8.94. The van der Waals surface area contributed by atoms with Crippen LogP contribution in [0.2, 0.25) is 0 Å². The second-order valence-electron chi connectivity index (χ2n) is 6.26. The number of carbonyl (C=O) groups is 2. The summed E-state index contributed by atoms with van der Waals surface area (Å²) in [7, 11) is 1.34. The number of halogens is 3. The van der Waals surface area contributed by atoms with E-state index in [-0.39, 0.29) is 11.9 Å². The lowest BCUT2D eigenvalue weighted by atomic mass is 9.98. The Morgan fingerprint density at radius 1 is 0.964 bits per heavy atom. The fourth-order valence-electron chi connectivity index (χ4n) is 2.74. The predicted octanol–water partition coefficient (Wildman–Crippen LogP) is 4.84. The molecule has 1 amide bonds. The second kappa shape index (κ2) is 9.92. The number of esters is 1. The van der Waals surface area contributed by atoms with Gasteiger partial charge in [-0.3, -0.25) is 9.59 Å². The summed E-state index contributed by atoms with van der Waals surface area (Å²) in [4.78, 5) is 23.5. The Morgan fingerprint density at radius 3 is 2.29 bits per heavy atom. The Morgan fingerprint density at radius 2 is 1.64 bits per heavy atom. The van der Waals surface area contributed by atoms with Crippen molar-refractivity contribution >= 4 is 11.9 Å². The van der Waals surface area contributed by atoms with E-state index in [1.165, 1.54) is 19.2 Å². The first-order valence-electron chi connectivity index (χ1n) is 8.94. The first kappa shape index (κ1) is 21.5. The Balaban J connectivity index is 1.97. The predicted molar refractivity (Wildman–Crippen MR) is 99.7 cm³/mol. The third-order valence-electron chi connectivity index (χ3n) is 4.27. The SMILES string of the molecule is COC(=O)CCCCCNC(=O)c1ccccc1-c1ccc(C(F)(F)F)cc1. The highest BCUT2D eigenvalue weighted by Crippen LogP contribution is 2.31. The van der Waals surface area contributed by atoms with Gasteiger partial charge in [-0.2, -0.15) is 13.2 Å². The maximum atomic E-state index is 12.7. The van der Waals surface area contributed by atoms with Crippen LogP contribution in [-0.2, 0) is 15.7 Å². The molecule has 0 bridgehead atoms. The molecule has 0 saturated heterocycles. The van der Waals surface area contributed by atoms with Crippen molar-refractivity contribution in [3.8, 4) is 11.1 Å². The van der Waals surface area contributed by atoms with Gasteiger partial charge in [-0.25, -0.2) is 0 Å². The molecular weight excluding hydrogens is 371 g/mol. The van der Waals surface area contributed by atoms with E-state index in [0.717, 1.165) is 18.6 Å². The van der Waals surface area contributed by atoms with Gasteiger partial charge < -0.3 is 10.1 Å². The van der Waals surface area contributed by atoms with Gasteiger partial charge in [0.05, 0.1) is 12.7 Å². The minimum absolute atomic E-state index is 0.255. The van der Waals surface area contributed by atoms with Gasteiger partial charge in [-0.1, -0.05) is 36.8 Å². The average molecular weight is 393 g/mol. The number of benzene rings is 2. The molecular formula is C21H22F3NO3. The van der Waals surface area contributed by atoms with Gasteiger partial charge in [0.2, 0.25) is 0 Å². The van der Waals surface area contributed by atoms with Crippen LogP contribution in [0.15, 0.2) is 48.5 Å². The van der Waals surface area contributed by atoms with E-state index in [0.29, 0.717) is 42.5 Å². The maximum Gasteiger partial charge on any atom is 0.416 e. The summed E-state index contributed by atoms with van der Waals surface area (Å²) >= 11 is 0. The number of rotatable bonds is 8. The molecule has 0 saturated carbocycles. The van der Waals surface area contributed by atoms with Crippen molar-refractivity contribution in [1.29, 1.82) is 0 Å². The number of amides is 1. The van der Waals surface area contributed by atoms with Crippen LogP contribution in [-0.4, -0.2) is 25.5 Å². The normalized spacial score (nSPS) is 11.1. The van der Waals surface area contributed by atoms with Gasteiger partial charge in [-0.15, -0.1) is 0 Å². The summed E-state index contributed by atoms with van der Waals surface area (Å²) in [5.41, 5.74) is 0.776. The topological polar surface area (TPSA) is 55.4 Å². The zero-order chi connectivity index (χ0) is 20.6. The van der Waals surface area contributed by atoms with E-state index in [4.69, 9.17) is 0 Å². The number of hydrogen-bond acceptors (Lipinski definition) is 3. The molecule has 0 heterocycles. The smallest absolute Gasteiger partial charge is 0.416 e.